The van der Waals surface area contributed by atoms with Crippen LogP contribution in [0.2, 0.25) is 0 Å². The van der Waals surface area contributed by atoms with Crippen LogP contribution >= 0.6 is 0 Å². The number of nitrogens with one attached hydrogen (secondary N) is 1. The van der Waals surface area contributed by atoms with E-state index in [1.54, 1.807) is 20.8 Å². The lowest BCUT2D eigenvalue weighted by Crippen LogP contribution is -2.55. The number of hydrogen-bond donors (Lipinski definition) is 1. The largest absolute Gasteiger partial charge is 0.444 e. The van der Waals surface area contributed by atoms with Gasteiger partial charge in [0.1, 0.15) is 18.2 Å². The van der Waals surface area contributed by atoms with Gasteiger partial charge in [-0.25, -0.2) is 4.79 Å². The van der Waals surface area contributed by atoms with Gasteiger partial charge >= 0.3 is 12.3 Å². The fourth-order valence-electron chi connectivity index (χ4n) is 3.93. The molecule has 0 bridgehead atoms. The summed E-state index contributed by atoms with van der Waals surface area (Å²) in [5.41, 5.74) is -0.724. The quantitative estimate of drug-likeness (QED) is 0.819. The first kappa shape index (κ1) is 19.3. The minimum Gasteiger partial charge on any atom is -0.444 e. The molecule has 3 fully saturated rings. The van der Waals surface area contributed by atoms with Crippen molar-refractivity contribution < 1.29 is 27.5 Å². The minimum atomic E-state index is -4.48. The minimum absolute atomic E-state index is 0.0896. The van der Waals surface area contributed by atoms with E-state index in [1.165, 1.54) is 4.90 Å². The van der Waals surface area contributed by atoms with Crippen LogP contribution in [-0.2, 0) is 9.53 Å². The predicted octanol–water partition coefficient (Wildman–Crippen LogP) is 2.14. The van der Waals surface area contributed by atoms with Crippen LogP contribution in [0, 0.1) is 5.92 Å². The molecular formula is C17H26F3N3O3. The molecule has 1 aliphatic carbocycles. The van der Waals surface area contributed by atoms with E-state index in [4.69, 9.17) is 4.74 Å². The molecule has 3 aliphatic rings. The van der Waals surface area contributed by atoms with Crippen molar-refractivity contribution in [2.45, 2.75) is 69.9 Å². The molecule has 0 spiro atoms. The number of fused-ring (bicyclic) bond motifs is 1. The Kier molecular flexibility index (Phi) is 4.87. The number of carbonyl (C=O) groups is 2. The molecule has 6 nitrogen and oxygen atoms in total. The third kappa shape index (κ3) is 4.24. The molecule has 2 saturated heterocycles. The van der Waals surface area contributed by atoms with Crippen molar-refractivity contribution in [3.05, 3.63) is 0 Å². The number of ether oxygens (including phenoxy) is 1. The molecule has 4 atom stereocenters. The SMILES string of the molecule is CC(C)(C)OC(=O)N1[C@@H](C(=O)N(CC(F)(F)F)[C@@H]2CCNC2)C[C@H]2C[C@H]21. The number of nitrogens with zero attached hydrogens (tertiary/aromatic N) is 2. The van der Waals surface area contributed by atoms with Crippen molar-refractivity contribution in [2.75, 3.05) is 19.6 Å². The first-order chi connectivity index (χ1) is 12.0. The average Bonchev–Trinajstić information content (AvgIpc) is 2.94. The summed E-state index contributed by atoms with van der Waals surface area (Å²) in [4.78, 5) is 27.8. The van der Waals surface area contributed by atoms with Crippen LogP contribution in [0.25, 0.3) is 0 Å². The second-order valence-corrected chi connectivity index (χ2v) is 8.43. The fourth-order valence-corrected chi connectivity index (χ4v) is 3.93. The lowest BCUT2D eigenvalue weighted by atomic mass is 10.1. The first-order valence-electron chi connectivity index (χ1n) is 9.05. The maximum absolute atomic E-state index is 13.1. The van der Waals surface area contributed by atoms with E-state index in [0.717, 1.165) is 11.3 Å². The fraction of sp³-hybridized carbons (Fsp3) is 0.882. The highest BCUT2D eigenvalue weighted by atomic mass is 19.4. The van der Waals surface area contributed by atoms with Gasteiger partial charge in [0.05, 0.1) is 0 Å². The standard InChI is InChI=1S/C17H26F3N3O3/c1-16(2,3)26-15(25)23-12-6-10(12)7-13(23)14(24)22(9-17(18,19)20)11-4-5-21-8-11/h10-13,21H,4-9H2,1-3H3/t10-,11-,12-,13-/m1/s1. The van der Waals surface area contributed by atoms with Gasteiger partial charge in [0.15, 0.2) is 0 Å². The summed E-state index contributed by atoms with van der Waals surface area (Å²) in [6.07, 6.45) is -3.41. The van der Waals surface area contributed by atoms with Crippen molar-refractivity contribution >= 4 is 12.0 Å². The summed E-state index contributed by atoms with van der Waals surface area (Å²) < 4.78 is 44.5. The summed E-state index contributed by atoms with van der Waals surface area (Å²) >= 11 is 0. The maximum atomic E-state index is 13.1. The lowest BCUT2D eigenvalue weighted by molar-refractivity contribution is -0.168. The highest BCUT2D eigenvalue weighted by Gasteiger charge is 2.58. The number of carbonyl (C=O) groups excluding carboxylic acids is 2. The molecule has 3 rings (SSSR count). The van der Waals surface area contributed by atoms with Crippen molar-refractivity contribution in [1.82, 2.24) is 15.1 Å². The van der Waals surface area contributed by atoms with Gasteiger partial charge in [-0.2, -0.15) is 13.2 Å². The zero-order valence-electron chi connectivity index (χ0n) is 15.3. The third-order valence-electron chi connectivity index (χ3n) is 5.10. The molecule has 0 unspecified atom stereocenters. The molecule has 0 radical (unpaired) electrons. The van der Waals surface area contributed by atoms with Crippen LogP contribution in [0.1, 0.15) is 40.0 Å². The number of piperidine rings is 1. The topological polar surface area (TPSA) is 61.9 Å². The van der Waals surface area contributed by atoms with Gasteiger partial charge in [0, 0.05) is 18.6 Å². The van der Waals surface area contributed by atoms with Crippen LogP contribution in [-0.4, -0.2) is 71.3 Å². The normalized spacial score (nSPS) is 30.9. The highest BCUT2D eigenvalue weighted by molar-refractivity contribution is 5.87. The molecule has 1 N–H and O–H groups in total. The van der Waals surface area contributed by atoms with Gasteiger partial charge in [-0.1, -0.05) is 0 Å². The van der Waals surface area contributed by atoms with Crippen molar-refractivity contribution in [3.63, 3.8) is 0 Å². The molecule has 2 aliphatic heterocycles. The Balaban J connectivity index is 1.77. The molecule has 2 amide bonds. The molecule has 1 saturated carbocycles. The maximum Gasteiger partial charge on any atom is 0.411 e. The molecule has 0 aromatic carbocycles. The van der Waals surface area contributed by atoms with E-state index in [1.807, 2.05) is 0 Å². The van der Waals surface area contributed by atoms with Gasteiger partial charge in [0.2, 0.25) is 5.91 Å². The molecule has 0 aromatic heterocycles. The van der Waals surface area contributed by atoms with Gasteiger partial charge in [-0.3, -0.25) is 9.69 Å². The third-order valence-corrected chi connectivity index (χ3v) is 5.10. The number of halogens is 3. The Morgan fingerprint density at radius 3 is 2.46 bits per heavy atom. The average molecular weight is 377 g/mol. The monoisotopic (exact) mass is 377 g/mol. The van der Waals surface area contributed by atoms with Gasteiger partial charge in [0.25, 0.3) is 0 Å². The van der Waals surface area contributed by atoms with E-state index in [9.17, 15) is 22.8 Å². The summed E-state index contributed by atoms with van der Waals surface area (Å²) in [5.74, 6) is -0.431. The molecular weight excluding hydrogens is 351 g/mol. The summed E-state index contributed by atoms with van der Waals surface area (Å²) in [6, 6.07) is -1.45. The summed E-state index contributed by atoms with van der Waals surface area (Å²) in [7, 11) is 0. The second kappa shape index (κ2) is 6.58. The van der Waals surface area contributed by atoms with Crippen molar-refractivity contribution in [1.29, 1.82) is 0 Å². The van der Waals surface area contributed by atoms with E-state index in [0.29, 0.717) is 25.9 Å². The number of alkyl halides is 3. The van der Waals surface area contributed by atoms with Gasteiger partial charge in [-0.05, 0) is 52.5 Å². The highest BCUT2D eigenvalue weighted by Crippen LogP contribution is 2.49. The lowest BCUT2D eigenvalue weighted by Gasteiger charge is -2.36. The Hall–Kier alpha value is -1.51. The summed E-state index contributed by atoms with van der Waals surface area (Å²) in [5, 5.41) is 3.00. The molecule has 26 heavy (non-hydrogen) atoms. The van der Waals surface area contributed by atoms with Crippen LogP contribution in [0.15, 0.2) is 0 Å². The van der Waals surface area contributed by atoms with Crippen LogP contribution in [0.3, 0.4) is 0 Å². The van der Waals surface area contributed by atoms with Crippen LogP contribution < -0.4 is 5.32 Å². The molecule has 0 aromatic rings. The van der Waals surface area contributed by atoms with E-state index < -0.39 is 42.4 Å². The molecule has 2 heterocycles. The molecule has 9 heteroatoms. The zero-order valence-corrected chi connectivity index (χ0v) is 15.3. The summed E-state index contributed by atoms with van der Waals surface area (Å²) in [6.45, 7) is 4.81. The number of rotatable bonds is 3. The molecule has 148 valence electrons. The van der Waals surface area contributed by atoms with Crippen molar-refractivity contribution in [2.24, 2.45) is 5.92 Å². The van der Waals surface area contributed by atoms with Gasteiger partial charge in [-0.15, -0.1) is 0 Å². The smallest absolute Gasteiger partial charge is 0.411 e. The first-order valence-corrected chi connectivity index (χ1v) is 9.05. The Morgan fingerprint density at radius 2 is 1.92 bits per heavy atom. The number of hydrogen-bond acceptors (Lipinski definition) is 4. The number of amides is 2. The van der Waals surface area contributed by atoms with Gasteiger partial charge < -0.3 is 15.0 Å². The van der Waals surface area contributed by atoms with Crippen molar-refractivity contribution in [3.8, 4) is 0 Å². The Labute approximate surface area is 151 Å². The number of likely N-dealkylation sites (tertiary alicyclic amines) is 1. The second-order valence-electron chi connectivity index (χ2n) is 8.43. The Bertz CT molecular complexity index is 570. The zero-order chi connectivity index (χ0) is 19.3. The van der Waals surface area contributed by atoms with E-state index >= 15 is 0 Å². The van der Waals surface area contributed by atoms with Crippen LogP contribution in [0.5, 0.6) is 0 Å². The van der Waals surface area contributed by atoms with E-state index in [-0.39, 0.29) is 12.0 Å². The predicted molar refractivity (Wildman–Crippen MR) is 87.4 cm³/mol. The Morgan fingerprint density at radius 1 is 1.23 bits per heavy atom. The van der Waals surface area contributed by atoms with Crippen LogP contribution in [0.4, 0.5) is 18.0 Å². The van der Waals surface area contributed by atoms with E-state index in [2.05, 4.69) is 5.32 Å².